The molecule has 0 bridgehead atoms. The summed E-state index contributed by atoms with van der Waals surface area (Å²) in [5.41, 5.74) is 6.60. The Morgan fingerprint density at radius 1 is 1.43 bits per heavy atom. The molecule has 21 heavy (non-hydrogen) atoms. The van der Waals surface area contributed by atoms with E-state index < -0.39 is 0 Å². The minimum absolute atomic E-state index is 0.0755. The summed E-state index contributed by atoms with van der Waals surface area (Å²) in [6.45, 7) is 1.03. The van der Waals surface area contributed by atoms with Crippen LogP contribution in [0.1, 0.15) is 28.8 Å². The molecule has 1 aromatic rings. The highest BCUT2D eigenvalue weighted by Gasteiger charge is 2.15. The lowest BCUT2D eigenvalue weighted by Crippen LogP contribution is -2.30. The van der Waals surface area contributed by atoms with E-state index in [2.05, 4.69) is 17.2 Å². The van der Waals surface area contributed by atoms with E-state index in [0.29, 0.717) is 22.1 Å². The molecule has 0 unspecified atom stereocenters. The minimum atomic E-state index is -0.0755. The van der Waals surface area contributed by atoms with Gasteiger partial charge >= 0.3 is 0 Å². The fourth-order valence-electron chi connectivity index (χ4n) is 2.19. The van der Waals surface area contributed by atoms with Gasteiger partial charge in [0.05, 0.1) is 11.6 Å². The summed E-state index contributed by atoms with van der Waals surface area (Å²) in [6, 6.07) is 5.17. The molecule has 112 valence electrons. The summed E-state index contributed by atoms with van der Waals surface area (Å²) >= 11 is 8.12. The van der Waals surface area contributed by atoms with Crippen molar-refractivity contribution < 1.29 is 4.79 Å². The first-order chi connectivity index (χ1) is 10.2. The number of thioether (sulfide) groups is 1. The fourth-order valence-corrected chi connectivity index (χ4v) is 3.63. The summed E-state index contributed by atoms with van der Waals surface area (Å²) < 4.78 is 0. The number of carbonyl (C=O) groups excluding carboxylic acids is 1. The smallest absolute Gasteiger partial charge is 0.251 e. The monoisotopic (exact) mass is 322 g/mol. The van der Waals surface area contributed by atoms with Crippen molar-refractivity contribution in [1.29, 1.82) is 0 Å². The number of rotatable bonds is 3. The summed E-state index contributed by atoms with van der Waals surface area (Å²) in [7, 11) is 0. The molecule has 1 fully saturated rings. The third-order valence-corrected chi connectivity index (χ3v) is 4.81. The first-order valence-electron chi connectivity index (χ1n) is 7.05. The third kappa shape index (κ3) is 4.96. The van der Waals surface area contributed by atoms with E-state index in [4.69, 9.17) is 17.3 Å². The van der Waals surface area contributed by atoms with E-state index in [1.54, 1.807) is 18.2 Å². The summed E-state index contributed by atoms with van der Waals surface area (Å²) in [5, 5.41) is 3.48. The van der Waals surface area contributed by atoms with Gasteiger partial charge in [-0.15, -0.1) is 0 Å². The molecule has 1 aliphatic rings. The highest BCUT2D eigenvalue weighted by molar-refractivity contribution is 7.99. The highest BCUT2D eigenvalue weighted by Crippen LogP contribution is 2.22. The van der Waals surface area contributed by atoms with Crippen LogP contribution in [0.5, 0.6) is 0 Å². The van der Waals surface area contributed by atoms with Gasteiger partial charge in [0.25, 0.3) is 5.91 Å². The Morgan fingerprint density at radius 2 is 2.19 bits per heavy atom. The Kier molecular flexibility index (Phi) is 6.44. The van der Waals surface area contributed by atoms with Crippen molar-refractivity contribution in [2.24, 2.45) is 11.7 Å². The van der Waals surface area contributed by atoms with Crippen molar-refractivity contribution >= 4 is 29.3 Å². The Morgan fingerprint density at radius 3 is 2.86 bits per heavy atom. The molecule has 3 nitrogen and oxygen atoms in total. The van der Waals surface area contributed by atoms with Crippen molar-refractivity contribution in [2.45, 2.75) is 12.8 Å². The van der Waals surface area contributed by atoms with Gasteiger partial charge < -0.3 is 11.1 Å². The van der Waals surface area contributed by atoms with Crippen molar-refractivity contribution in [3.63, 3.8) is 0 Å². The molecule has 1 aromatic carbocycles. The van der Waals surface area contributed by atoms with Gasteiger partial charge in [-0.2, -0.15) is 11.8 Å². The average molecular weight is 323 g/mol. The fraction of sp³-hybridized carbons (Fsp3) is 0.438. The molecule has 1 saturated heterocycles. The van der Waals surface area contributed by atoms with Gasteiger partial charge in [-0.25, -0.2) is 0 Å². The molecular formula is C16H19ClN2OS. The van der Waals surface area contributed by atoms with Gasteiger partial charge in [0.2, 0.25) is 0 Å². The quantitative estimate of drug-likeness (QED) is 0.841. The number of amides is 1. The van der Waals surface area contributed by atoms with Gasteiger partial charge in [-0.1, -0.05) is 23.4 Å². The van der Waals surface area contributed by atoms with Crippen LogP contribution in [-0.4, -0.2) is 30.5 Å². The molecular weight excluding hydrogens is 304 g/mol. The molecule has 1 amide bonds. The van der Waals surface area contributed by atoms with Crippen LogP contribution in [0.25, 0.3) is 0 Å². The van der Waals surface area contributed by atoms with Crippen LogP contribution >= 0.6 is 23.4 Å². The largest absolute Gasteiger partial charge is 0.352 e. The van der Waals surface area contributed by atoms with E-state index in [1.165, 1.54) is 24.3 Å². The number of carbonyl (C=O) groups is 1. The Bertz CT molecular complexity index is 559. The molecule has 5 heteroatoms. The lowest BCUT2D eigenvalue weighted by atomic mass is 10.0. The molecule has 2 rings (SSSR count). The lowest BCUT2D eigenvalue weighted by molar-refractivity contribution is 0.0946. The summed E-state index contributed by atoms with van der Waals surface area (Å²) in [5.74, 6) is 8.55. The van der Waals surface area contributed by atoms with E-state index in [9.17, 15) is 4.79 Å². The number of hydrogen-bond donors (Lipinski definition) is 2. The zero-order valence-electron chi connectivity index (χ0n) is 11.8. The molecule has 1 aliphatic heterocycles. The maximum atomic E-state index is 12.1. The SMILES string of the molecule is NCC#Cc1ccc(C(=O)NCC2CCSCC2)cc1Cl. The number of nitrogens with two attached hydrogens (primary N) is 1. The molecule has 1 heterocycles. The number of nitrogens with one attached hydrogen (secondary N) is 1. The Balaban J connectivity index is 1.94. The zero-order valence-corrected chi connectivity index (χ0v) is 13.4. The van der Waals surface area contributed by atoms with E-state index in [1.807, 2.05) is 11.8 Å². The second-order valence-corrected chi connectivity index (χ2v) is 6.60. The zero-order chi connectivity index (χ0) is 15.1. The molecule has 0 spiro atoms. The van der Waals surface area contributed by atoms with Crippen LogP contribution in [0.15, 0.2) is 18.2 Å². The van der Waals surface area contributed by atoms with Crippen LogP contribution in [0.3, 0.4) is 0 Å². The van der Waals surface area contributed by atoms with Crippen molar-refractivity contribution in [3.05, 3.63) is 34.3 Å². The van der Waals surface area contributed by atoms with Gasteiger partial charge in [0.1, 0.15) is 0 Å². The van der Waals surface area contributed by atoms with Gasteiger partial charge in [-0.05, 0) is 48.5 Å². The number of benzene rings is 1. The number of hydrogen-bond acceptors (Lipinski definition) is 3. The van der Waals surface area contributed by atoms with Crippen LogP contribution in [-0.2, 0) is 0 Å². The molecule has 0 radical (unpaired) electrons. The summed E-state index contributed by atoms with van der Waals surface area (Å²) in [6.07, 6.45) is 2.36. The molecule has 3 N–H and O–H groups in total. The van der Waals surface area contributed by atoms with Crippen molar-refractivity contribution in [1.82, 2.24) is 5.32 Å². The Labute approximate surface area is 135 Å². The Hall–Kier alpha value is -1.15. The predicted molar refractivity (Wildman–Crippen MR) is 89.8 cm³/mol. The highest BCUT2D eigenvalue weighted by atomic mass is 35.5. The maximum absolute atomic E-state index is 12.1. The minimum Gasteiger partial charge on any atom is -0.352 e. The van der Waals surface area contributed by atoms with E-state index >= 15 is 0 Å². The van der Waals surface area contributed by atoms with Crippen LogP contribution in [0, 0.1) is 17.8 Å². The van der Waals surface area contributed by atoms with Gasteiger partial charge in [-0.3, -0.25) is 4.79 Å². The third-order valence-electron chi connectivity index (χ3n) is 3.45. The normalized spacial score (nSPS) is 15.1. The molecule has 0 saturated carbocycles. The topological polar surface area (TPSA) is 55.1 Å². The second-order valence-electron chi connectivity index (χ2n) is 4.97. The van der Waals surface area contributed by atoms with Crippen LogP contribution in [0.2, 0.25) is 5.02 Å². The van der Waals surface area contributed by atoms with Crippen molar-refractivity contribution in [3.8, 4) is 11.8 Å². The van der Waals surface area contributed by atoms with Gasteiger partial charge in [0, 0.05) is 17.7 Å². The molecule has 0 atom stereocenters. The van der Waals surface area contributed by atoms with Gasteiger partial charge in [0.15, 0.2) is 0 Å². The molecule has 0 aliphatic carbocycles. The number of halogens is 1. The van der Waals surface area contributed by atoms with E-state index in [0.717, 1.165) is 6.54 Å². The lowest BCUT2D eigenvalue weighted by Gasteiger charge is -2.21. The first kappa shape index (κ1) is 16.2. The summed E-state index contributed by atoms with van der Waals surface area (Å²) in [4.78, 5) is 12.1. The molecule has 0 aromatic heterocycles. The maximum Gasteiger partial charge on any atom is 0.251 e. The van der Waals surface area contributed by atoms with Crippen molar-refractivity contribution in [2.75, 3.05) is 24.6 Å². The standard InChI is InChI=1S/C16H19ClN2OS/c17-15-10-14(4-3-13(15)2-1-7-18)16(20)19-11-12-5-8-21-9-6-12/h3-4,10,12H,5-9,11,18H2,(H,19,20). The average Bonchev–Trinajstić information content (AvgIpc) is 2.52. The second kappa shape index (κ2) is 8.33. The van der Waals surface area contributed by atoms with Crippen LogP contribution < -0.4 is 11.1 Å². The first-order valence-corrected chi connectivity index (χ1v) is 8.58. The van der Waals surface area contributed by atoms with E-state index in [-0.39, 0.29) is 12.5 Å². The van der Waals surface area contributed by atoms with Crippen LogP contribution in [0.4, 0.5) is 0 Å². The predicted octanol–water partition coefficient (Wildman–Crippen LogP) is 2.52.